The van der Waals surface area contributed by atoms with E-state index in [4.69, 9.17) is 4.98 Å². The average molecular weight is 662 g/mol. The van der Waals surface area contributed by atoms with Crippen LogP contribution in [0.5, 0.6) is 0 Å². The van der Waals surface area contributed by atoms with Gasteiger partial charge in [-0.1, -0.05) is 152 Å². The Morgan fingerprint density at radius 1 is 0.365 bits per heavy atom. The second-order valence-electron chi connectivity index (χ2n) is 13.6. The van der Waals surface area contributed by atoms with Crippen molar-refractivity contribution in [2.75, 3.05) is 0 Å². The Hall–Kier alpha value is -6.97. The smallest absolute Gasteiger partial charge is 0.138 e. The van der Waals surface area contributed by atoms with Crippen molar-refractivity contribution in [3.8, 4) is 33.9 Å². The zero-order valence-corrected chi connectivity index (χ0v) is 28.2. The minimum Gasteiger partial charge on any atom is -0.309 e. The monoisotopic (exact) mass is 661 g/mol. The van der Waals surface area contributed by atoms with Crippen molar-refractivity contribution in [1.29, 1.82) is 0 Å². The average Bonchev–Trinajstić information content (AvgIpc) is 3.74. The van der Waals surface area contributed by atoms with Crippen LogP contribution in [0.15, 0.2) is 188 Å². The van der Waals surface area contributed by atoms with Gasteiger partial charge in [0, 0.05) is 43.6 Å². The standard InChI is InChI=1S/C49H31N3/c1-3-15-33(16-4-1)48-38-20-9-8-17-34(38)31-46(50-48)52-44-25-13-23-37(47(44)42-29-26-32-14-7-10-21-39(32)49(42)52)35-27-28-41-40-22-11-12-24-43(40)51(45(41)30-35)36-18-5-2-6-19-36/h1-31H. The topological polar surface area (TPSA) is 22.8 Å². The normalized spacial score (nSPS) is 11.8. The Morgan fingerprint density at radius 2 is 1.02 bits per heavy atom. The fourth-order valence-electron chi connectivity index (χ4n) is 8.41. The summed E-state index contributed by atoms with van der Waals surface area (Å²) in [5.74, 6) is 0.908. The first-order chi connectivity index (χ1) is 25.8. The molecule has 0 atom stereocenters. The third-order valence-corrected chi connectivity index (χ3v) is 10.7. The first-order valence-electron chi connectivity index (χ1n) is 17.8. The highest BCUT2D eigenvalue weighted by molar-refractivity contribution is 6.23. The van der Waals surface area contributed by atoms with Crippen molar-refractivity contribution >= 4 is 65.2 Å². The van der Waals surface area contributed by atoms with Gasteiger partial charge in [0.15, 0.2) is 0 Å². The lowest BCUT2D eigenvalue weighted by Crippen LogP contribution is -2.00. The fourth-order valence-corrected chi connectivity index (χ4v) is 8.41. The van der Waals surface area contributed by atoms with E-state index in [1.165, 1.54) is 60.0 Å². The second kappa shape index (κ2) is 11.3. The molecule has 0 fully saturated rings. The predicted octanol–water partition coefficient (Wildman–Crippen LogP) is 12.9. The molecule has 0 spiro atoms. The van der Waals surface area contributed by atoms with E-state index in [-0.39, 0.29) is 0 Å². The maximum absolute atomic E-state index is 5.49. The molecule has 0 saturated heterocycles. The highest BCUT2D eigenvalue weighted by Gasteiger charge is 2.21. The summed E-state index contributed by atoms with van der Waals surface area (Å²) in [7, 11) is 0. The number of benzene rings is 8. The van der Waals surface area contributed by atoms with Gasteiger partial charge in [0.1, 0.15) is 5.82 Å². The maximum Gasteiger partial charge on any atom is 0.138 e. The highest BCUT2D eigenvalue weighted by atomic mass is 15.1. The van der Waals surface area contributed by atoms with E-state index in [2.05, 4.69) is 197 Å². The highest BCUT2D eigenvalue weighted by Crippen LogP contribution is 2.43. The molecule has 0 aliphatic rings. The molecule has 11 rings (SSSR count). The van der Waals surface area contributed by atoms with Gasteiger partial charge in [-0.3, -0.25) is 4.57 Å². The summed E-state index contributed by atoms with van der Waals surface area (Å²) in [5, 5.41) is 9.66. The van der Waals surface area contributed by atoms with E-state index in [9.17, 15) is 0 Å². The third kappa shape index (κ3) is 4.23. The lowest BCUT2D eigenvalue weighted by Gasteiger charge is -2.14. The first kappa shape index (κ1) is 28.8. The first-order valence-corrected chi connectivity index (χ1v) is 17.8. The molecule has 8 aromatic carbocycles. The number of aromatic nitrogens is 3. The third-order valence-electron chi connectivity index (χ3n) is 10.7. The van der Waals surface area contributed by atoms with Crippen molar-refractivity contribution < 1.29 is 0 Å². The zero-order chi connectivity index (χ0) is 34.2. The minimum absolute atomic E-state index is 0.908. The molecule has 0 bridgehead atoms. The molecule has 0 unspecified atom stereocenters. The van der Waals surface area contributed by atoms with Crippen LogP contribution in [0.25, 0.3) is 99.0 Å². The second-order valence-corrected chi connectivity index (χ2v) is 13.6. The van der Waals surface area contributed by atoms with Gasteiger partial charge in [-0.05, 0) is 58.3 Å². The summed E-state index contributed by atoms with van der Waals surface area (Å²) >= 11 is 0. The molecule has 0 saturated carbocycles. The van der Waals surface area contributed by atoms with Gasteiger partial charge < -0.3 is 4.57 Å². The summed E-state index contributed by atoms with van der Waals surface area (Å²) in [5.41, 5.74) is 10.3. The Bertz CT molecular complexity index is 3170. The number of rotatable bonds is 4. The summed E-state index contributed by atoms with van der Waals surface area (Å²) in [4.78, 5) is 5.49. The molecule has 0 aliphatic carbocycles. The molecule has 52 heavy (non-hydrogen) atoms. The number of nitrogens with zero attached hydrogens (tertiary/aromatic N) is 3. The Kier molecular flexibility index (Phi) is 6.25. The Balaban J connectivity index is 1.25. The van der Waals surface area contributed by atoms with Crippen molar-refractivity contribution in [3.05, 3.63) is 188 Å². The molecule has 242 valence electrons. The predicted molar refractivity (Wildman–Crippen MR) is 219 cm³/mol. The van der Waals surface area contributed by atoms with E-state index in [0.29, 0.717) is 0 Å². The molecule has 0 aliphatic heterocycles. The van der Waals surface area contributed by atoms with Crippen LogP contribution in [0.1, 0.15) is 0 Å². The van der Waals surface area contributed by atoms with Crippen molar-refractivity contribution in [2.45, 2.75) is 0 Å². The number of hydrogen-bond acceptors (Lipinski definition) is 1. The van der Waals surface area contributed by atoms with E-state index in [0.717, 1.165) is 39.1 Å². The van der Waals surface area contributed by atoms with Gasteiger partial charge in [-0.15, -0.1) is 0 Å². The number of fused-ring (bicyclic) bond motifs is 9. The molecular formula is C49H31N3. The number of hydrogen-bond donors (Lipinski definition) is 0. The van der Waals surface area contributed by atoms with Crippen LogP contribution in [0.2, 0.25) is 0 Å². The van der Waals surface area contributed by atoms with Crippen LogP contribution < -0.4 is 0 Å². The van der Waals surface area contributed by atoms with Crippen molar-refractivity contribution in [2.24, 2.45) is 0 Å². The lowest BCUT2D eigenvalue weighted by atomic mass is 9.97. The van der Waals surface area contributed by atoms with Crippen LogP contribution in [-0.2, 0) is 0 Å². The van der Waals surface area contributed by atoms with E-state index in [1.54, 1.807) is 0 Å². The fraction of sp³-hybridized carbons (Fsp3) is 0. The molecule has 0 amide bonds. The van der Waals surface area contributed by atoms with Gasteiger partial charge in [-0.2, -0.15) is 0 Å². The van der Waals surface area contributed by atoms with Crippen molar-refractivity contribution in [1.82, 2.24) is 14.1 Å². The zero-order valence-electron chi connectivity index (χ0n) is 28.2. The molecule has 3 heterocycles. The van der Waals surface area contributed by atoms with Gasteiger partial charge in [0.25, 0.3) is 0 Å². The Labute approximate surface area is 300 Å². The van der Waals surface area contributed by atoms with Crippen LogP contribution in [-0.4, -0.2) is 14.1 Å². The van der Waals surface area contributed by atoms with E-state index in [1.807, 2.05) is 0 Å². The van der Waals surface area contributed by atoms with Crippen LogP contribution in [0.3, 0.4) is 0 Å². The summed E-state index contributed by atoms with van der Waals surface area (Å²) in [6.07, 6.45) is 0. The van der Waals surface area contributed by atoms with Gasteiger partial charge >= 0.3 is 0 Å². The molecule has 0 radical (unpaired) electrons. The van der Waals surface area contributed by atoms with Crippen LogP contribution >= 0.6 is 0 Å². The SMILES string of the molecule is c1ccc(-c2nc(-n3c4cccc(-c5ccc6c7ccccc7n(-c7ccccc7)c6c5)c4c4ccc5ccccc5c43)cc3ccccc23)cc1. The van der Waals surface area contributed by atoms with E-state index >= 15 is 0 Å². The lowest BCUT2D eigenvalue weighted by molar-refractivity contribution is 1.10. The number of para-hydroxylation sites is 2. The van der Waals surface area contributed by atoms with Crippen LogP contribution in [0.4, 0.5) is 0 Å². The molecule has 3 nitrogen and oxygen atoms in total. The van der Waals surface area contributed by atoms with Gasteiger partial charge in [-0.25, -0.2) is 4.98 Å². The molecule has 11 aromatic rings. The van der Waals surface area contributed by atoms with Crippen molar-refractivity contribution in [3.63, 3.8) is 0 Å². The summed E-state index contributed by atoms with van der Waals surface area (Å²) in [6, 6.07) is 67.8. The van der Waals surface area contributed by atoms with E-state index < -0.39 is 0 Å². The largest absolute Gasteiger partial charge is 0.309 e. The minimum atomic E-state index is 0.908. The van der Waals surface area contributed by atoms with Gasteiger partial charge in [0.2, 0.25) is 0 Å². The molecule has 3 aromatic heterocycles. The van der Waals surface area contributed by atoms with Gasteiger partial charge in [0.05, 0.1) is 27.8 Å². The summed E-state index contributed by atoms with van der Waals surface area (Å²) in [6.45, 7) is 0. The molecule has 3 heteroatoms. The summed E-state index contributed by atoms with van der Waals surface area (Å²) < 4.78 is 4.80. The number of pyridine rings is 1. The molecular weight excluding hydrogens is 631 g/mol. The van der Waals surface area contributed by atoms with Crippen LogP contribution in [0, 0.1) is 0 Å². The Morgan fingerprint density at radius 3 is 1.87 bits per heavy atom. The molecule has 0 N–H and O–H groups in total. The quantitative estimate of drug-likeness (QED) is 0.184. The maximum atomic E-state index is 5.49.